The Hall–Kier alpha value is -3.00. The maximum Gasteiger partial charge on any atom is 0.347 e. The molecule has 4 rings (SSSR count). The molecule has 1 saturated heterocycles. The Morgan fingerprint density at radius 1 is 1.28 bits per heavy atom. The van der Waals surface area contributed by atoms with Crippen LogP contribution in [0, 0.1) is 13.8 Å². The van der Waals surface area contributed by atoms with Crippen LogP contribution < -0.4 is 5.63 Å². The highest BCUT2D eigenvalue weighted by atomic mass is 32.2. The zero-order valence-electron chi connectivity index (χ0n) is 16.1. The Bertz CT molecular complexity index is 1310. The van der Waals surface area contributed by atoms with Crippen LogP contribution in [0.3, 0.4) is 0 Å². The molecule has 0 unspecified atom stereocenters. The summed E-state index contributed by atoms with van der Waals surface area (Å²) in [5, 5.41) is 5.15. The molecule has 2 aromatic heterocycles. The van der Waals surface area contributed by atoms with E-state index < -0.39 is 21.2 Å². The molecule has 1 fully saturated rings. The van der Waals surface area contributed by atoms with E-state index in [0.29, 0.717) is 23.1 Å². The summed E-state index contributed by atoms with van der Waals surface area (Å²) < 4.78 is 30.5. The molecule has 1 aromatic carbocycles. The molecule has 0 aliphatic carbocycles. The van der Waals surface area contributed by atoms with E-state index in [-0.39, 0.29) is 23.1 Å². The smallest absolute Gasteiger partial charge is 0.347 e. The zero-order valence-corrected chi connectivity index (χ0v) is 16.9. The van der Waals surface area contributed by atoms with Crippen LogP contribution in [0.4, 0.5) is 0 Å². The van der Waals surface area contributed by atoms with E-state index in [1.807, 2.05) is 13.8 Å². The Kier molecular flexibility index (Phi) is 4.74. The molecule has 7 nitrogen and oxygen atoms in total. The number of allylic oxidation sites excluding steroid dienone is 1. The fraction of sp³-hybridized carbons (Fsp3) is 0.286. The average molecular weight is 412 g/mol. The number of nitrogens with zero attached hydrogens (tertiary/aromatic N) is 2. The maximum absolute atomic E-state index is 12.6. The quantitative estimate of drug-likeness (QED) is 0.371. The normalized spacial score (nSPS) is 18.6. The number of ketones is 1. The van der Waals surface area contributed by atoms with Crippen LogP contribution in [0.25, 0.3) is 17.0 Å². The van der Waals surface area contributed by atoms with Gasteiger partial charge in [0.05, 0.1) is 23.2 Å². The minimum atomic E-state index is -3.03. The monoisotopic (exact) mass is 412 g/mol. The van der Waals surface area contributed by atoms with Gasteiger partial charge < -0.3 is 4.42 Å². The van der Waals surface area contributed by atoms with Gasteiger partial charge in [0.2, 0.25) is 0 Å². The van der Waals surface area contributed by atoms with Crippen LogP contribution in [-0.2, 0) is 9.84 Å². The Morgan fingerprint density at radius 2 is 2.03 bits per heavy atom. The van der Waals surface area contributed by atoms with E-state index >= 15 is 0 Å². The summed E-state index contributed by atoms with van der Waals surface area (Å²) in [6.07, 6.45) is 3.48. The summed E-state index contributed by atoms with van der Waals surface area (Å²) in [6.45, 7) is 3.65. The van der Waals surface area contributed by atoms with Gasteiger partial charge in [-0.25, -0.2) is 13.2 Å². The van der Waals surface area contributed by atoms with Crippen LogP contribution in [0.1, 0.15) is 39.8 Å². The Balaban J connectivity index is 1.64. The minimum absolute atomic E-state index is 0.0375. The van der Waals surface area contributed by atoms with Crippen molar-refractivity contribution in [3.8, 4) is 0 Å². The van der Waals surface area contributed by atoms with Gasteiger partial charge in [-0.1, -0.05) is 18.2 Å². The lowest BCUT2D eigenvalue weighted by Crippen LogP contribution is -2.14. The molecule has 3 heterocycles. The van der Waals surface area contributed by atoms with E-state index in [9.17, 15) is 18.0 Å². The van der Waals surface area contributed by atoms with Crippen molar-refractivity contribution in [2.24, 2.45) is 0 Å². The molecular formula is C21H20N2O5S. The second-order valence-corrected chi connectivity index (χ2v) is 9.50. The highest BCUT2D eigenvalue weighted by molar-refractivity contribution is 7.91. The highest BCUT2D eigenvalue weighted by Gasteiger charge is 2.31. The molecule has 0 bridgehead atoms. The van der Waals surface area contributed by atoms with E-state index in [4.69, 9.17) is 4.42 Å². The van der Waals surface area contributed by atoms with Gasteiger partial charge in [0, 0.05) is 16.6 Å². The molecule has 0 saturated carbocycles. The Labute approximate surface area is 167 Å². The lowest BCUT2D eigenvalue weighted by Gasteiger charge is -2.10. The van der Waals surface area contributed by atoms with Crippen LogP contribution in [0.5, 0.6) is 0 Å². The van der Waals surface area contributed by atoms with E-state index in [0.717, 1.165) is 11.3 Å². The van der Waals surface area contributed by atoms with Crippen molar-refractivity contribution in [2.75, 3.05) is 11.5 Å². The molecule has 8 heteroatoms. The summed E-state index contributed by atoms with van der Waals surface area (Å²) in [5.41, 5.74) is 1.94. The number of aryl methyl sites for hydroxylation is 1. The van der Waals surface area contributed by atoms with Gasteiger partial charge in [-0.05, 0) is 44.6 Å². The van der Waals surface area contributed by atoms with Crippen molar-refractivity contribution >= 4 is 32.7 Å². The molecule has 150 valence electrons. The number of benzene rings is 1. The highest BCUT2D eigenvalue weighted by Crippen LogP contribution is 2.27. The second-order valence-electron chi connectivity index (χ2n) is 7.27. The predicted molar refractivity (Wildman–Crippen MR) is 110 cm³/mol. The van der Waals surface area contributed by atoms with E-state index in [1.54, 1.807) is 35.0 Å². The first kappa shape index (κ1) is 19.3. The first-order valence-corrected chi connectivity index (χ1v) is 11.1. The summed E-state index contributed by atoms with van der Waals surface area (Å²) in [7, 11) is -3.03. The van der Waals surface area contributed by atoms with E-state index in [1.165, 1.54) is 12.1 Å². The van der Waals surface area contributed by atoms with Crippen LogP contribution in [0.15, 0.2) is 45.6 Å². The number of aromatic nitrogens is 2. The molecule has 3 aromatic rings. The fourth-order valence-corrected chi connectivity index (χ4v) is 5.42. The van der Waals surface area contributed by atoms with Crippen LogP contribution >= 0.6 is 0 Å². The zero-order chi connectivity index (χ0) is 20.8. The number of hydrogen-bond donors (Lipinski definition) is 0. The standard InChI is InChI=1S/C21H20N2O5S/c1-13-17(14(2)23(22-13)16-9-10-29(26,27)12-16)7-8-19(24)18-11-15-5-3-4-6-20(15)28-21(18)25/h3-8,11,16H,9-10,12H2,1-2H3/b8-7+/t16-/m0/s1. The van der Waals surface area contributed by atoms with Crippen molar-refractivity contribution in [3.63, 3.8) is 0 Å². The van der Waals surface area contributed by atoms with Gasteiger partial charge in [-0.2, -0.15) is 5.10 Å². The molecule has 0 spiro atoms. The summed E-state index contributed by atoms with van der Waals surface area (Å²) in [5.74, 6) is -0.216. The number of sulfone groups is 1. The second kappa shape index (κ2) is 7.11. The van der Waals surface area contributed by atoms with Gasteiger partial charge in [0.15, 0.2) is 15.6 Å². The summed E-state index contributed by atoms with van der Waals surface area (Å²) in [6, 6.07) is 8.34. The predicted octanol–water partition coefficient (Wildman–Crippen LogP) is 2.86. The number of fused-ring (bicyclic) bond motifs is 1. The molecule has 0 radical (unpaired) electrons. The fourth-order valence-electron chi connectivity index (χ4n) is 3.72. The number of carbonyl (C=O) groups excluding carboxylic acids is 1. The lowest BCUT2D eigenvalue weighted by molar-refractivity contribution is 0.104. The average Bonchev–Trinajstić information content (AvgIpc) is 3.17. The van der Waals surface area contributed by atoms with Crippen molar-refractivity contribution in [1.82, 2.24) is 9.78 Å². The molecule has 1 aliphatic heterocycles. The number of para-hydroxylation sites is 1. The molecule has 0 amide bonds. The van der Waals surface area contributed by atoms with E-state index in [2.05, 4.69) is 5.10 Å². The van der Waals surface area contributed by atoms with Gasteiger partial charge in [-0.15, -0.1) is 0 Å². The molecule has 1 aliphatic rings. The molecule has 0 N–H and O–H groups in total. The molecular weight excluding hydrogens is 392 g/mol. The van der Waals surface area contributed by atoms with Crippen molar-refractivity contribution in [2.45, 2.75) is 26.3 Å². The SMILES string of the molecule is Cc1nn([C@H]2CCS(=O)(=O)C2)c(C)c1/C=C/C(=O)c1cc2ccccc2oc1=O. The summed E-state index contributed by atoms with van der Waals surface area (Å²) >= 11 is 0. The Morgan fingerprint density at radius 3 is 2.76 bits per heavy atom. The third-order valence-electron chi connectivity index (χ3n) is 5.24. The van der Waals surface area contributed by atoms with Gasteiger partial charge in [-0.3, -0.25) is 9.48 Å². The topological polar surface area (TPSA) is 99.2 Å². The third-order valence-corrected chi connectivity index (χ3v) is 6.99. The van der Waals surface area contributed by atoms with Crippen molar-refractivity contribution in [1.29, 1.82) is 0 Å². The molecule has 29 heavy (non-hydrogen) atoms. The maximum atomic E-state index is 12.6. The van der Waals surface area contributed by atoms with Crippen molar-refractivity contribution < 1.29 is 17.6 Å². The molecule has 1 atom stereocenters. The lowest BCUT2D eigenvalue weighted by atomic mass is 10.1. The van der Waals surface area contributed by atoms with Crippen LogP contribution in [0.2, 0.25) is 0 Å². The van der Waals surface area contributed by atoms with Crippen molar-refractivity contribution in [3.05, 3.63) is 69.3 Å². The van der Waals surface area contributed by atoms with Gasteiger partial charge in [0.1, 0.15) is 11.1 Å². The number of hydrogen-bond acceptors (Lipinski definition) is 6. The summed E-state index contributed by atoms with van der Waals surface area (Å²) in [4.78, 5) is 24.8. The first-order chi connectivity index (χ1) is 13.7. The van der Waals surface area contributed by atoms with Crippen LogP contribution in [-0.4, -0.2) is 35.5 Å². The minimum Gasteiger partial charge on any atom is -0.422 e. The number of rotatable bonds is 4. The number of carbonyl (C=O) groups is 1. The van der Waals surface area contributed by atoms with Gasteiger partial charge in [0.25, 0.3) is 0 Å². The third kappa shape index (κ3) is 3.67. The largest absolute Gasteiger partial charge is 0.422 e. The first-order valence-electron chi connectivity index (χ1n) is 9.26. The van der Waals surface area contributed by atoms with Gasteiger partial charge >= 0.3 is 5.63 Å².